The van der Waals surface area contributed by atoms with Crippen LogP contribution in [0.1, 0.15) is 19.8 Å². The maximum atomic E-state index is 11.8. The van der Waals surface area contributed by atoms with E-state index in [4.69, 9.17) is 4.74 Å². The lowest BCUT2D eigenvalue weighted by Crippen LogP contribution is -2.59. The second-order valence-electron chi connectivity index (χ2n) is 5.61. The Morgan fingerprint density at radius 3 is 2.65 bits per heavy atom. The number of rotatable bonds is 5. The number of aliphatic hydroxyl groups is 1. The molecule has 1 aliphatic heterocycles. The van der Waals surface area contributed by atoms with Gasteiger partial charge in [-0.05, 0) is 25.7 Å². The van der Waals surface area contributed by atoms with Crippen LogP contribution < -0.4 is 5.32 Å². The van der Waals surface area contributed by atoms with Crippen LogP contribution in [0.3, 0.4) is 0 Å². The van der Waals surface area contributed by atoms with Crippen molar-refractivity contribution in [2.24, 2.45) is 5.92 Å². The molecular formula is C12H22N2O3. The van der Waals surface area contributed by atoms with E-state index in [2.05, 4.69) is 5.32 Å². The summed E-state index contributed by atoms with van der Waals surface area (Å²) in [6, 6.07) is 0. The van der Waals surface area contributed by atoms with Crippen LogP contribution in [0.15, 0.2) is 0 Å². The number of likely N-dealkylation sites (N-methyl/N-ethyl adjacent to an activating group) is 1. The van der Waals surface area contributed by atoms with E-state index in [0.717, 1.165) is 32.5 Å². The normalized spacial score (nSPS) is 30.3. The molecule has 0 aromatic heterocycles. The van der Waals surface area contributed by atoms with Gasteiger partial charge >= 0.3 is 0 Å². The van der Waals surface area contributed by atoms with Gasteiger partial charge in [0.05, 0.1) is 11.7 Å². The Bertz CT molecular complexity index is 285. The molecule has 0 radical (unpaired) electrons. The smallest absolute Gasteiger partial charge is 0.248 e. The average molecular weight is 242 g/mol. The third kappa shape index (κ3) is 3.18. The molecule has 0 aromatic carbocycles. The first-order valence-electron chi connectivity index (χ1n) is 6.25. The summed E-state index contributed by atoms with van der Waals surface area (Å²) >= 11 is 0. The topological polar surface area (TPSA) is 61.8 Å². The van der Waals surface area contributed by atoms with Crippen LogP contribution in [0.5, 0.6) is 0 Å². The van der Waals surface area contributed by atoms with Crippen molar-refractivity contribution in [1.82, 2.24) is 10.2 Å². The molecule has 17 heavy (non-hydrogen) atoms. The molecule has 0 spiro atoms. The summed E-state index contributed by atoms with van der Waals surface area (Å²) in [5.74, 6) is 0.486. The highest BCUT2D eigenvalue weighted by Crippen LogP contribution is 2.27. The number of carbonyl (C=O) groups excluding carboxylic acids is 1. The van der Waals surface area contributed by atoms with Crippen molar-refractivity contribution in [2.45, 2.75) is 31.5 Å². The van der Waals surface area contributed by atoms with Crippen LogP contribution in [0, 0.1) is 5.92 Å². The molecule has 0 aromatic rings. The van der Waals surface area contributed by atoms with Gasteiger partial charge in [-0.2, -0.15) is 0 Å². The van der Waals surface area contributed by atoms with Crippen LogP contribution in [-0.2, 0) is 9.53 Å². The molecule has 2 aliphatic rings. The molecule has 98 valence electrons. The number of nitrogens with zero attached hydrogens (tertiary/aromatic N) is 1. The second kappa shape index (κ2) is 4.92. The van der Waals surface area contributed by atoms with Crippen molar-refractivity contribution in [3.8, 4) is 0 Å². The van der Waals surface area contributed by atoms with E-state index in [1.54, 1.807) is 11.9 Å². The average Bonchev–Trinajstić information content (AvgIpc) is 2.20. The number of hydrogen-bond acceptors (Lipinski definition) is 4. The molecule has 2 rings (SSSR count). The van der Waals surface area contributed by atoms with Crippen LogP contribution in [0.2, 0.25) is 0 Å². The zero-order chi connectivity index (χ0) is 12.5. The highest BCUT2D eigenvalue weighted by molar-refractivity contribution is 5.77. The van der Waals surface area contributed by atoms with Gasteiger partial charge in [0.25, 0.3) is 0 Å². The summed E-state index contributed by atoms with van der Waals surface area (Å²) < 4.78 is 5.60. The van der Waals surface area contributed by atoms with Crippen molar-refractivity contribution >= 4 is 5.91 Å². The molecule has 0 unspecified atom stereocenters. The fraction of sp³-hybridized carbons (Fsp3) is 0.917. The van der Waals surface area contributed by atoms with Crippen LogP contribution in [0.25, 0.3) is 0 Å². The van der Waals surface area contributed by atoms with Crippen LogP contribution in [0.4, 0.5) is 0 Å². The van der Waals surface area contributed by atoms with Gasteiger partial charge in [0.1, 0.15) is 6.61 Å². The van der Waals surface area contributed by atoms with E-state index in [1.807, 2.05) is 6.92 Å². The zero-order valence-corrected chi connectivity index (χ0v) is 10.6. The third-order valence-electron chi connectivity index (χ3n) is 3.71. The summed E-state index contributed by atoms with van der Waals surface area (Å²) in [4.78, 5) is 13.5. The van der Waals surface area contributed by atoms with E-state index in [-0.39, 0.29) is 24.2 Å². The predicted octanol–water partition coefficient (Wildman–Crippen LogP) is -0.406. The fourth-order valence-corrected chi connectivity index (χ4v) is 2.26. The lowest BCUT2D eigenvalue weighted by molar-refractivity contribution is -0.146. The van der Waals surface area contributed by atoms with Crippen molar-refractivity contribution in [3.63, 3.8) is 0 Å². The van der Waals surface area contributed by atoms with E-state index in [9.17, 15) is 9.90 Å². The van der Waals surface area contributed by atoms with Crippen molar-refractivity contribution in [1.29, 1.82) is 0 Å². The largest absolute Gasteiger partial charge is 0.393 e. The molecule has 1 saturated heterocycles. The van der Waals surface area contributed by atoms with Gasteiger partial charge < -0.3 is 20.1 Å². The first-order chi connectivity index (χ1) is 7.98. The number of hydrogen-bond donors (Lipinski definition) is 2. The Hall–Kier alpha value is -0.650. The Balaban J connectivity index is 1.64. The van der Waals surface area contributed by atoms with Gasteiger partial charge in [-0.25, -0.2) is 0 Å². The Kier molecular flexibility index (Phi) is 3.70. The van der Waals surface area contributed by atoms with Crippen LogP contribution >= 0.6 is 0 Å². The van der Waals surface area contributed by atoms with Gasteiger partial charge in [-0.1, -0.05) is 0 Å². The Morgan fingerprint density at radius 2 is 2.18 bits per heavy atom. The summed E-state index contributed by atoms with van der Waals surface area (Å²) in [6.45, 7) is 4.54. The van der Waals surface area contributed by atoms with Gasteiger partial charge in [0.2, 0.25) is 5.91 Å². The third-order valence-corrected chi connectivity index (χ3v) is 3.71. The highest BCUT2D eigenvalue weighted by Gasteiger charge is 2.34. The predicted molar refractivity (Wildman–Crippen MR) is 63.6 cm³/mol. The monoisotopic (exact) mass is 242 g/mol. The first kappa shape index (κ1) is 12.8. The summed E-state index contributed by atoms with van der Waals surface area (Å²) in [5, 5.41) is 12.3. The van der Waals surface area contributed by atoms with Gasteiger partial charge in [-0.3, -0.25) is 4.79 Å². The summed E-state index contributed by atoms with van der Waals surface area (Å²) in [7, 11) is 1.80. The fourth-order valence-electron chi connectivity index (χ4n) is 2.26. The maximum Gasteiger partial charge on any atom is 0.248 e. The number of amides is 1. The molecule has 0 bridgehead atoms. The highest BCUT2D eigenvalue weighted by atomic mass is 16.5. The molecule has 5 heteroatoms. The summed E-state index contributed by atoms with van der Waals surface area (Å²) in [6.07, 6.45) is 1.49. The lowest BCUT2D eigenvalue weighted by atomic mass is 9.82. The molecule has 1 saturated carbocycles. The molecule has 1 heterocycles. The molecule has 5 nitrogen and oxygen atoms in total. The number of ether oxygens (including phenoxy) is 1. The zero-order valence-electron chi connectivity index (χ0n) is 10.6. The summed E-state index contributed by atoms with van der Waals surface area (Å²) in [5.41, 5.74) is -0.164. The van der Waals surface area contributed by atoms with E-state index >= 15 is 0 Å². The van der Waals surface area contributed by atoms with Gasteiger partial charge in [0.15, 0.2) is 0 Å². The van der Waals surface area contributed by atoms with Gasteiger partial charge in [0, 0.05) is 26.7 Å². The van der Waals surface area contributed by atoms with Crippen molar-refractivity contribution in [3.05, 3.63) is 0 Å². The first-order valence-corrected chi connectivity index (χ1v) is 6.25. The second-order valence-corrected chi connectivity index (χ2v) is 5.61. The molecule has 0 atom stereocenters. The maximum absolute atomic E-state index is 11.8. The molecule has 1 aliphatic carbocycles. The minimum Gasteiger partial charge on any atom is -0.393 e. The van der Waals surface area contributed by atoms with E-state index in [0.29, 0.717) is 5.92 Å². The molecule has 2 fully saturated rings. The lowest BCUT2D eigenvalue weighted by Gasteiger charge is -2.39. The molecule has 2 N–H and O–H groups in total. The van der Waals surface area contributed by atoms with Crippen LogP contribution in [-0.4, -0.2) is 60.9 Å². The standard InChI is InChI=1S/C12H22N2O3/c1-12(7-13-8-12)17-6-11(16)14(2)5-9-3-10(15)4-9/h9-10,13,15H,3-8H2,1-2H3. The SMILES string of the molecule is CN(CC1CC(O)C1)C(=O)COC1(C)CNC1. The number of carbonyl (C=O) groups is 1. The molecular weight excluding hydrogens is 220 g/mol. The van der Waals surface area contributed by atoms with Gasteiger partial charge in [-0.15, -0.1) is 0 Å². The van der Waals surface area contributed by atoms with Crippen molar-refractivity contribution < 1.29 is 14.6 Å². The minimum absolute atomic E-state index is 0.0273. The Labute approximate surface area is 102 Å². The molecule has 1 amide bonds. The quantitative estimate of drug-likeness (QED) is 0.688. The van der Waals surface area contributed by atoms with E-state index in [1.165, 1.54) is 0 Å². The number of nitrogens with one attached hydrogen (secondary N) is 1. The minimum atomic E-state index is -0.164. The number of aliphatic hydroxyl groups excluding tert-OH is 1. The van der Waals surface area contributed by atoms with E-state index < -0.39 is 0 Å². The van der Waals surface area contributed by atoms with Crippen molar-refractivity contribution in [2.75, 3.05) is 33.3 Å². The Morgan fingerprint density at radius 1 is 1.53 bits per heavy atom.